The van der Waals surface area contributed by atoms with Crippen molar-refractivity contribution in [2.24, 2.45) is 0 Å². The fraction of sp³-hybridized carbons (Fsp3) is 0.182. The van der Waals surface area contributed by atoms with E-state index in [1.165, 1.54) is 5.56 Å². The highest BCUT2D eigenvalue weighted by atomic mass is 35.5. The van der Waals surface area contributed by atoms with Crippen molar-refractivity contribution < 1.29 is 9.47 Å². The fourth-order valence-corrected chi connectivity index (χ4v) is 2.78. The monoisotopic (exact) mass is 367 g/mol. The molecule has 0 aliphatic rings. The van der Waals surface area contributed by atoms with Crippen LogP contribution in [-0.4, -0.2) is 7.11 Å². The largest absolute Gasteiger partial charge is 0.493 e. The van der Waals surface area contributed by atoms with Gasteiger partial charge in [-0.3, -0.25) is 0 Å². The van der Waals surface area contributed by atoms with E-state index in [0.717, 1.165) is 28.3 Å². The van der Waals surface area contributed by atoms with Crippen LogP contribution in [0.25, 0.3) is 0 Å². The highest BCUT2D eigenvalue weighted by molar-refractivity contribution is 6.30. The van der Waals surface area contributed by atoms with E-state index in [9.17, 15) is 0 Å². The summed E-state index contributed by atoms with van der Waals surface area (Å²) in [6, 6.07) is 22.0. The summed E-state index contributed by atoms with van der Waals surface area (Å²) in [5.74, 6) is 1.46. The van der Waals surface area contributed by atoms with Gasteiger partial charge < -0.3 is 14.8 Å². The van der Waals surface area contributed by atoms with Gasteiger partial charge in [-0.1, -0.05) is 53.6 Å². The summed E-state index contributed by atoms with van der Waals surface area (Å²) in [6.45, 7) is 3.26. The number of hydrogen-bond donors (Lipinski definition) is 1. The minimum atomic E-state index is 0.511. The van der Waals surface area contributed by atoms with E-state index in [-0.39, 0.29) is 0 Å². The molecule has 0 heterocycles. The molecule has 0 aliphatic carbocycles. The molecule has 0 atom stereocenters. The summed E-state index contributed by atoms with van der Waals surface area (Å²) < 4.78 is 11.4. The first-order valence-corrected chi connectivity index (χ1v) is 8.86. The first-order valence-electron chi connectivity index (χ1n) is 8.49. The lowest BCUT2D eigenvalue weighted by Crippen LogP contribution is -2.02. The van der Waals surface area contributed by atoms with Gasteiger partial charge in [-0.25, -0.2) is 0 Å². The Morgan fingerprint density at radius 1 is 0.885 bits per heavy atom. The van der Waals surface area contributed by atoms with Crippen LogP contribution in [0, 0.1) is 6.92 Å². The van der Waals surface area contributed by atoms with Crippen LogP contribution in [0.4, 0.5) is 5.69 Å². The van der Waals surface area contributed by atoms with Gasteiger partial charge in [0, 0.05) is 17.3 Å². The molecule has 1 N–H and O–H groups in total. The molecular weight excluding hydrogens is 346 g/mol. The van der Waals surface area contributed by atoms with Crippen molar-refractivity contribution in [3.05, 3.63) is 88.4 Å². The summed E-state index contributed by atoms with van der Waals surface area (Å²) in [5, 5.41) is 4.07. The maximum atomic E-state index is 6.01. The first-order chi connectivity index (χ1) is 12.6. The molecule has 26 heavy (non-hydrogen) atoms. The highest BCUT2D eigenvalue weighted by Crippen LogP contribution is 2.29. The lowest BCUT2D eigenvalue weighted by molar-refractivity contribution is 0.284. The molecule has 0 aliphatic heterocycles. The van der Waals surface area contributed by atoms with Crippen molar-refractivity contribution in [2.45, 2.75) is 20.1 Å². The van der Waals surface area contributed by atoms with Gasteiger partial charge in [0.2, 0.25) is 0 Å². The molecule has 3 aromatic rings. The summed E-state index contributed by atoms with van der Waals surface area (Å²) in [4.78, 5) is 0. The van der Waals surface area contributed by atoms with Crippen molar-refractivity contribution in [2.75, 3.05) is 12.4 Å². The molecule has 134 valence electrons. The van der Waals surface area contributed by atoms with Crippen molar-refractivity contribution in [1.29, 1.82) is 0 Å². The Balaban J connectivity index is 1.64. The van der Waals surface area contributed by atoms with E-state index in [1.807, 2.05) is 42.5 Å². The zero-order chi connectivity index (χ0) is 18.4. The van der Waals surface area contributed by atoms with Gasteiger partial charge in [-0.05, 0) is 48.4 Å². The van der Waals surface area contributed by atoms with E-state index < -0.39 is 0 Å². The second-order valence-electron chi connectivity index (χ2n) is 6.12. The Hall–Kier alpha value is -2.65. The van der Waals surface area contributed by atoms with Crippen molar-refractivity contribution >= 4 is 17.3 Å². The van der Waals surface area contributed by atoms with Crippen LogP contribution >= 0.6 is 11.6 Å². The van der Waals surface area contributed by atoms with Gasteiger partial charge in [0.1, 0.15) is 6.61 Å². The molecule has 4 heteroatoms. The quantitative estimate of drug-likeness (QED) is 0.568. The van der Waals surface area contributed by atoms with Gasteiger partial charge in [0.05, 0.1) is 7.11 Å². The molecule has 0 saturated carbocycles. The fourth-order valence-electron chi connectivity index (χ4n) is 2.59. The zero-order valence-electron chi connectivity index (χ0n) is 15.0. The van der Waals surface area contributed by atoms with Gasteiger partial charge >= 0.3 is 0 Å². The predicted molar refractivity (Wildman–Crippen MR) is 107 cm³/mol. The Morgan fingerprint density at radius 3 is 2.38 bits per heavy atom. The molecule has 0 bridgehead atoms. The second kappa shape index (κ2) is 8.63. The van der Waals surface area contributed by atoms with Crippen LogP contribution in [0.15, 0.2) is 66.7 Å². The van der Waals surface area contributed by atoms with E-state index in [0.29, 0.717) is 18.2 Å². The van der Waals surface area contributed by atoms with Gasteiger partial charge in [0.15, 0.2) is 11.5 Å². The zero-order valence-corrected chi connectivity index (χ0v) is 15.7. The van der Waals surface area contributed by atoms with Crippen LogP contribution in [0.3, 0.4) is 0 Å². The number of nitrogens with one attached hydrogen (secondary N) is 1. The van der Waals surface area contributed by atoms with Gasteiger partial charge in [-0.2, -0.15) is 0 Å². The molecule has 3 nitrogen and oxygen atoms in total. The molecule has 0 saturated heterocycles. The number of methoxy groups -OCH3 is 1. The molecule has 0 amide bonds. The lowest BCUT2D eigenvalue weighted by Gasteiger charge is -2.13. The van der Waals surface area contributed by atoms with Crippen molar-refractivity contribution in [3.63, 3.8) is 0 Å². The third-order valence-electron chi connectivity index (χ3n) is 4.06. The average molecular weight is 368 g/mol. The standard InChI is InChI=1S/C22H22ClNO2/c1-16-6-8-17(9-7-16)15-26-21-11-10-18(12-22(21)25-2)14-24-20-5-3-4-19(23)13-20/h3-13,24H,14-15H2,1-2H3. The van der Waals surface area contributed by atoms with Gasteiger partial charge in [-0.15, -0.1) is 0 Å². The highest BCUT2D eigenvalue weighted by Gasteiger charge is 2.07. The Labute approximate surface area is 159 Å². The van der Waals surface area contributed by atoms with Gasteiger partial charge in [0.25, 0.3) is 0 Å². The Bertz CT molecular complexity index is 862. The normalized spacial score (nSPS) is 10.4. The van der Waals surface area contributed by atoms with Crippen LogP contribution in [0.5, 0.6) is 11.5 Å². The summed E-state index contributed by atoms with van der Waals surface area (Å²) in [7, 11) is 1.66. The molecular formula is C22H22ClNO2. The molecule has 0 fully saturated rings. The minimum Gasteiger partial charge on any atom is -0.493 e. The maximum Gasteiger partial charge on any atom is 0.161 e. The van der Waals surface area contributed by atoms with E-state index in [2.05, 4.69) is 36.5 Å². The number of hydrogen-bond acceptors (Lipinski definition) is 3. The Kier molecular flexibility index (Phi) is 6.03. The summed E-state index contributed by atoms with van der Waals surface area (Å²) in [6.07, 6.45) is 0. The average Bonchev–Trinajstić information content (AvgIpc) is 2.66. The van der Waals surface area contributed by atoms with E-state index >= 15 is 0 Å². The minimum absolute atomic E-state index is 0.511. The van der Waals surface area contributed by atoms with E-state index in [4.69, 9.17) is 21.1 Å². The van der Waals surface area contributed by atoms with E-state index in [1.54, 1.807) is 7.11 Å². The number of anilines is 1. The van der Waals surface area contributed by atoms with Crippen molar-refractivity contribution in [1.82, 2.24) is 0 Å². The number of rotatable bonds is 7. The number of aryl methyl sites for hydroxylation is 1. The van der Waals surface area contributed by atoms with Crippen molar-refractivity contribution in [3.8, 4) is 11.5 Å². The number of ether oxygens (including phenoxy) is 2. The third-order valence-corrected chi connectivity index (χ3v) is 4.30. The lowest BCUT2D eigenvalue weighted by atomic mass is 10.1. The maximum absolute atomic E-state index is 6.01. The molecule has 0 unspecified atom stereocenters. The molecule has 3 rings (SSSR count). The number of halogens is 1. The molecule has 0 aromatic heterocycles. The van der Waals surface area contributed by atoms with Crippen LogP contribution < -0.4 is 14.8 Å². The number of benzene rings is 3. The van der Waals surface area contributed by atoms with Crippen LogP contribution in [-0.2, 0) is 13.2 Å². The summed E-state index contributed by atoms with van der Waals surface area (Å²) >= 11 is 6.01. The summed E-state index contributed by atoms with van der Waals surface area (Å²) in [5.41, 5.74) is 4.45. The third kappa shape index (κ3) is 4.93. The Morgan fingerprint density at radius 2 is 1.65 bits per heavy atom. The molecule has 0 spiro atoms. The van der Waals surface area contributed by atoms with Crippen LogP contribution in [0.1, 0.15) is 16.7 Å². The SMILES string of the molecule is COc1cc(CNc2cccc(Cl)c2)ccc1OCc1ccc(C)cc1. The predicted octanol–water partition coefficient (Wildman–Crippen LogP) is 5.85. The topological polar surface area (TPSA) is 30.5 Å². The molecule has 0 radical (unpaired) electrons. The smallest absolute Gasteiger partial charge is 0.161 e. The van der Waals surface area contributed by atoms with Crippen LogP contribution in [0.2, 0.25) is 5.02 Å². The second-order valence-corrected chi connectivity index (χ2v) is 6.56. The first kappa shape index (κ1) is 18.2. The molecule has 3 aromatic carbocycles.